The number of ketones is 2. The highest BCUT2D eigenvalue weighted by atomic mass is 16.5. The lowest BCUT2D eigenvalue weighted by atomic mass is 10.1. The Balaban J connectivity index is 1.97. The average molecular weight is 214 g/mol. The Morgan fingerprint density at radius 3 is 2.38 bits per heavy atom. The SMILES string of the molecule is O=C1C=CC(OCc2ccccc2)=CC1=O. The van der Waals surface area contributed by atoms with E-state index >= 15 is 0 Å². The maximum atomic E-state index is 11.1. The quantitative estimate of drug-likeness (QED) is 0.569. The molecule has 1 aromatic rings. The van der Waals surface area contributed by atoms with Crippen LogP contribution in [-0.4, -0.2) is 11.6 Å². The first-order chi connectivity index (χ1) is 7.75. The van der Waals surface area contributed by atoms with E-state index in [1.54, 1.807) is 0 Å². The second-order valence-corrected chi connectivity index (χ2v) is 3.38. The van der Waals surface area contributed by atoms with Crippen LogP contribution < -0.4 is 0 Å². The predicted molar refractivity (Wildman–Crippen MR) is 58.5 cm³/mol. The molecule has 0 N–H and O–H groups in total. The first-order valence-corrected chi connectivity index (χ1v) is 4.90. The van der Waals surface area contributed by atoms with Gasteiger partial charge in [-0.1, -0.05) is 30.3 Å². The zero-order valence-corrected chi connectivity index (χ0v) is 8.55. The molecule has 0 heterocycles. The average Bonchev–Trinajstić information content (AvgIpc) is 2.32. The summed E-state index contributed by atoms with van der Waals surface area (Å²) in [5, 5.41) is 0. The van der Waals surface area contributed by atoms with Crippen LogP contribution in [0.3, 0.4) is 0 Å². The van der Waals surface area contributed by atoms with Gasteiger partial charge >= 0.3 is 0 Å². The minimum Gasteiger partial charge on any atom is -0.489 e. The van der Waals surface area contributed by atoms with E-state index in [9.17, 15) is 9.59 Å². The molecular weight excluding hydrogens is 204 g/mol. The molecule has 16 heavy (non-hydrogen) atoms. The summed E-state index contributed by atoms with van der Waals surface area (Å²) < 4.78 is 5.39. The van der Waals surface area contributed by atoms with Gasteiger partial charge in [0.1, 0.15) is 12.4 Å². The van der Waals surface area contributed by atoms with E-state index in [-0.39, 0.29) is 0 Å². The van der Waals surface area contributed by atoms with Crippen LogP contribution in [0.15, 0.2) is 54.3 Å². The second-order valence-electron chi connectivity index (χ2n) is 3.38. The molecule has 2 rings (SSSR count). The normalized spacial score (nSPS) is 14.9. The number of carbonyl (C=O) groups is 2. The van der Waals surface area contributed by atoms with Crippen LogP contribution in [-0.2, 0) is 20.9 Å². The monoisotopic (exact) mass is 214 g/mol. The summed E-state index contributed by atoms with van der Waals surface area (Å²) in [5.41, 5.74) is 1.01. The van der Waals surface area contributed by atoms with Crippen LogP contribution in [0.25, 0.3) is 0 Å². The molecule has 3 nitrogen and oxygen atoms in total. The predicted octanol–water partition coefficient (Wildman–Crippen LogP) is 1.80. The molecule has 0 saturated carbocycles. The van der Waals surface area contributed by atoms with Crippen molar-refractivity contribution < 1.29 is 14.3 Å². The van der Waals surface area contributed by atoms with Crippen LogP contribution in [0.1, 0.15) is 5.56 Å². The third-order valence-electron chi connectivity index (χ3n) is 2.16. The molecule has 0 aliphatic heterocycles. The third kappa shape index (κ3) is 2.45. The fraction of sp³-hybridized carbons (Fsp3) is 0.0769. The minimum atomic E-state index is -0.537. The van der Waals surface area contributed by atoms with Crippen molar-refractivity contribution in [3.05, 3.63) is 59.9 Å². The topological polar surface area (TPSA) is 43.4 Å². The van der Waals surface area contributed by atoms with Crippen molar-refractivity contribution in [2.45, 2.75) is 6.61 Å². The summed E-state index contributed by atoms with van der Waals surface area (Å²) in [4.78, 5) is 21.9. The highest BCUT2D eigenvalue weighted by Gasteiger charge is 2.13. The van der Waals surface area contributed by atoms with E-state index in [4.69, 9.17) is 4.74 Å². The minimum absolute atomic E-state index is 0.387. The number of allylic oxidation sites excluding steroid dienone is 3. The van der Waals surface area contributed by atoms with E-state index < -0.39 is 11.6 Å². The first-order valence-electron chi connectivity index (χ1n) is 4.90. The molecule has 0 amide bonds. The Morgan fingerprint density at radius 1 is 0.938 bits per heavy atom. The Kier molecular flexibility index (Phi) is 2.96. The highest BCUT2D eigenvalue weighted by molar-refractivity contribution is 6.46. The Bertz CT molecular complexity index is 469. The molecule has 1 aromatic carbocycles. The number of benzene rings is 1. The van der Waals surface area contributed by atoms with E-state index in [1.807, 2.05) is 30.3 Å². The van der Waals surface area contributed by atoms with Gasteiger partial charge in [0, 0.05) is 6.08 Å². The van der Waals surface area contributed by atoms with Gasteiger partial charge < -0.3 is 4.74 Å². The van der Waals surface area contributed by atoms with Crippen molar-refractivity contribution >= 4 is 11.6 Å². The molecule has 0 atom stereocenters. The number of hydrogen-bond donors (Lipinski definition) is 0. The van der Waals surface area contributed by atoms with Gasteiger partial charge in [-0.25, -0.2) is 0 Å². The van der Waals surface area contributed by atoms with Crippen LogP contribution in [0.5, 0.6) is 0 Å². The Hall–Kier alpha value is -2.16. The zero-order valence-electron chi connectivity index (χ0n) is 8.55. The van der Waals surface area contributed by atoms with Gasteiger partial charge in [-0.15, -0.1) is 0 Å². The van der Waals surface area contributed by atoms with Crippen LogP contribution >= 0.6 is 0 Å². The Labute approximate surface area is 93.0 Å². The van der Waals surface area contributed by atoms with Crippen molar-refractivity contribution in [3.8, 4) is 0 Å². The highest BCUT2D eigenvalue weighted by Crippen LogP contribution is 2.10. The Morgan fingerprint density at radius 2 is 1.69 bits per heavy atom. The van der Waals surface area contributed by atoms with Crippen molar-refractivity contribution in [3.63, 3.8) is 0 Å². The molecular formula is C13H10O3. The summed E-state index contributed by atoms with van der Waals surface area (Å²) in [7, 11) is 0. The standard InChI is InChI=1S/C13H10O3/c14-12-7-6-11(8-13(12)15)16-9-10-4-2-1-3-5-10/h1-8H,9H2. The van der Waals surface area contributed by atoms with Crippen molar-refractivity contribution in [1.82, 2.24) is 0 Å². The van der Waals surface area contributed by atoms with Crippen LogP contribution in [0.2, 0.25) is 0 Å². The third-order valence-corrected chi connectivity index (χ3v) is 2.16. The van der Waals surface area contributed by atoms with E-state index in [0.29, 0.717) is 12.4 Å². The van der Waals surface area contributed by atoms with Crippen molar-refractivity contribution in [2.24, 2.45) is 0 Å². The molecule has 1 aliphatic carbocycles. The van der Waals surface area contributed by atoms with Gasteiger partial charge in [-0.05, 0) is 17.7 Å². The second kappa shape index (κ2) is 4.57. The lowest BCUT2D eigenvalue weighted by Crippen LogP contribution is -2.12. The van der Waals surface area contributed by atoms with Gasteiger partial charge in [-0.3, -0.25) is 9.59 Å². The summed E-state index contributed by atoms with van der Waals surface area (Å²) in [6, 6.07) is 9.61. The number of hydrogen-bond acceptors (Lipinski definition) is 3. The fourth-order valence-corrected chi connectivity index (χ4v) is 1.32. The van der Waals surface area contributed by atoms with Crippen LogP contribution in [0, 0.1) is 0 Å². The van der Waals surface area contributed by atoms with Gasteiger partial charge in [0.05, 0.1) is 0 Å². The van der Waals surface area contributed by atoms with Crippen LogP contribution in [0.4, 0.5) is 0 Å². The molecule has 0 aromatic heterocycles. The summed E-state index contributed by atoms with van der Waals surface area (Å²) in [6.07, 6.45) is 3.95. The number of carbonyl (C=O) groups excluding carboxylic acids is 2. The van der Waals surface area contributed by atoms with Gasteiger partial charge in [-0.2, -0.15) is 0 Å². The summed E-state index contributed by atoms with van der Waals surface area (Å²) in [5.74, 6) is -0.619. The molecule has 0 unspecified atom stereocenters. The molecule has 0 fully saturated rings. The molecule has 0 bridgehead atoms. The molecule has 80 valence electrons. The lowest BCUT2D eigenvalue weighted by Gasteiger charge is -2.08. The number of ether oxygens (including phenoxy) is 1. The molecule has 0 spiro atoms. The summed E-state index contributed by atoms with van der Waals surface area (Å²) in [6.45, 7) is 0.387. The maximum Gasteiger partial charge on any atom is 0.229 e. The van der Waals surface area contributed by atoms with E-state index in [0.717, 1.165) is 5.56 Å². The first kappa shape index (κ1) is 10.4. The van der Waals surface area contributed by atoms with E-state index in [1.165, 1.54) is 18.2 Å². The van der Waals surface area contributed by atoms with Gasteiger partial charge in [0.2, 0.25) is 11.6 Å². The van der Waals surface area contributed by atoms with Gasteiger partial charge in [0.15, 0.2) is 0 Å². The number of rotatable bonds is 3. The zero-order chi connectivity index (χ0) is 11.4. The smallest absolute Gasteiger partial charge is 0.229 e. The maximum absolute atomic E-state index is 11.1. The van der Waals surface area contributed by atoms with Gasteiger partial charge in [0.25, 0.3) is 0 Å². The molecule has 1 aliphatic rings. The van der Waals surface area contributed by atoms with E-state index in [2.05, 4.69) is 0 Å². The molecule has 0 radical (unpaired) electrons. The van der Waals surface area contributed by atoms with Crippen molar-refractivity contribution in [2.75, 3.05) is 0 Å². The fourth-order valence-electron chi connectivity index (χ4n) is 1.32. The summed E-state index contributed by atoms with van der Waals surface area (Å²) >= 11 is 0. The molecule has 0 saturated heterocycles. The van der Waals surface area contributed by atoms with Crippen molar-refractivity contribution in [1.29, 1.82) is 0 Å². The largest absolute Gasteiger partial charge is 0.489 e. The lowest BCUT2D eigenvalue weighted by molar-refractivity contribution is -0.131. The molecule has 3 heteroatoms.